The van der Waals surface area contributed by atoms with E-state index in [9.17, 15) is 8.42 Å². The van der Waals surface area contributed by atoms with Gasteiger partial charge < -0.3 is 5.73 Å². The molecule has 0 saturated heterocycles. The van der Waals surface area contributed by atoms with Crippen LogP contribution in [0.15, 0.2) is 17.0 Å². The second-order valence-electron chi connectivity index (χ2n) is 5.02. The maximum absolute atomic E-state index is 12.8. The maximum atomic E-state index is 12.8. The lowest BCUT2D eigenvalue weighted by molar-refractivity contribution is 0.385. The fraction of sp³-hybridized carbons (Fsp3) is 0.571. The molecule has 0 amide bonds. The van der Waals surface area contributed by atoms with E-state index in [2.05, 4.69) is 0 Å². The van der Waals surface area contributed by atoms with E-state index >= 15 is 0 Å². The molecule has 1 rings (SSSR count). The summed E-state index contributed by atoms with van der Waals surface area (Å²) in [6, 6.07) is 3.43. The van der Waals surface area contributed by atoms with Gasteiger partial charge in [0.05, 0.1) is 4.90 Å². The van der Waals surface area contributed by atoms with Crippen molar-refractivity contribution in [2.75, 3.05) is 24.8 Å². The average Bonchev–Trinajstić information content (AvgIpc) is 2.33. The van der Waals surface area contributed by atoms with Crippen LogP contribution in [0, 0.1) is 13.8 Å². The van der Waals surface area contributed by atoms with Crippen molar-refractivity contribution in [2.45, 2.75) is 38.1 Å². The van der Waals surface area contributed by atoms with E-state index in [4.69, 9.17) is 5.73 Å². The van der Waals surface area contributed by atoms with E-state index in [1.165, 1.54) is 4.31 Å². The lowest BCUT2D eigenvalue weighted by atomic mass is 10.1. The molecule has 0 heterocycles. The summed E-state index contributed by atoms with van der Waals surface area (Å²) in [4.78, 5) is 0.383. The second kappa shape index (κ2) is 6.83. The Bertz CT molecular complexity index is 548. The minimum absolute atomic E-state index is 0.00588. The monoisotopic (exact) mass is 316 g/mol. The quantitative estimate of drug-likeness (QED) is 0.820. The van der Waals surface area contributed by atoms with Gasteiger partial charge in [0.1, 0.15) is 0 Å². The third-order valence-corrected chi connectivity index (χ3v) is 6.40. The first-order chi connectivity index (χ1) is 9.25. The third kappa shape index (κ3) is 3.48. The smallest absolute Gasteiger partial charge is 0.243 e. The molecule has 0 radical (unpaired) electrons. The van der Waals surface area contributed by atoms with E-state index in [0.717, 1.165) is 12.2 Å². The molecule has 6 heteroatoms. The summed E-state index contributed by atoms with van der Waals surface area (Å²) in [5.74, 6) is 0.791. The van der Waals surface area contributed by atoms with Crippen molar-refractivity contribution in [3.05, 3.63) is 23.3 Å². The fourth-order valence-electron chi connectivity index (χ4n) is 2.40. The molecule has 0 aliphatic carbocycles. The summed E-state index contributed by atoms with van der Waals surface area (Å²) < 4.78 is 27.2. The van der Waals surface area contributed by atoms with Crippen molar-refractivity contribution in [3.63, 3.8) is 0 Å². The van der Waals surface area contributed by atoms with Gasteiger partial charge in [0.2, 0.25) is 10.0 Å². The van der Waals surface area contributed by atoms with Crippen molar-refractivity contribution >= 4 is 27.5 Å². The zero-order chi connectivity index (χ0) is 15.5. The lowest BCUT2D eigenvalue weighted by Crippen LogP contribution is -2.38. The van der Waals surface area contributed by atoms with Crippen LogP contribution >= 0.6 is 11.8 Å². The second-order valence-corrected chi connectivity index (χ2v) is 7.87. The normalized spacial score (nSPS) is 13.7. The number of thioether (sulfide) groups is 1. The molecule has 2 N–H and O–H groups in total. The molecule has 0 saturated carbocycles. The van der Waals surface area contributed by atoms with Crippen LogP contribution < -0.4 is 5.73 Å². The predicted octanol–water partition coefficient (Wildman–Crippen LogP) is 2.65. The van der Waals surface area contributed by atoms with Crippen molar-refractivity contribution in [3.8, 4) is 0 Å². The highest BCUT2D eigenvalue weighted by atomic mass is 32.2. The summed E-state index contributed by atoms with van der Waals surface area (Å²) in [7, 11) is -1.82. The van der Waals surface area contributed by atoms with Gasteiger partial charge in [-0.05, 0) is 49.8 Å². The van der Waals surface area contributed by atoms with Gasteiger partial charge in [0.15, 0.2) is 0 Å². The molecule has 0 aliphatic rings. The van der Waals surface area contributed by atoms with Gasteiger partial charge in [0, 0.05) is 24.5 Å². The Hall–Kier alpha value is -0.720. The molecular formula is C14H24N2O2S2. The molecule has 1 atom stereocenters. The Balaban J connectivity index is 3.30. The molecule has 1 aromatic rings. The average molecular weight is 316 g/mol. The van der Waals surface area contributed by atoms with E-state index < -0.39 is 10.0 Å². The summed E-state index contributed by atoms with van der Waals surface area (Å²) in [5.41, 5.74) is 7.77. The van der Waals surface area contributed by atoms with Crippen LogP contribution in [-0.2, 0) is 10.0 Å². The molecule has 1 unspecified atom stereocenters. The van der Waals surface area contributed by atoms with Gasteiger partial charge >= 0.3 is 0 Å². The largest absolute Gasteiger partial charge is 0.399 e. The minimum Gasteiger partial charge on any atom is -0.399 e. The van der Waals surface area contributed by atoms with Crippen LogP contribution in [0.3, 0.4) is 0 Å². The molecule has 0 aliphatic heterocycles. The number of nitrogen functional groups attached to an aromatic ring is 1. The molecule has 114 valence electrons. The molecule has 1 aromatic carbocycles. The van der Waals surface area contributed by atoms with Crippen LogP contribution in [0.2, 0.25) is 0 Å². The van der Waals surface area contributed by atoms with Gasteiger partial charge in [0.25, 0.3) is 0 Å². The van der Waals surface area contributed by atoms with Gasteiger partial charge in [-0.25, -0.2) is 8.42 Å². The number of hydrogen-bond donors (Lipinski definition) is 1. The topological polar surface area (TPSA) is 63.4 Å². The first kappa shape index (κ1) is 17.3. The number of sulfonamides is 1. The van der Waals surface area contributed by atoms with E-state index in [0.29, 0.717) is 21.7 Å². The van der Waals surface area contributed by atoms with Crippen molar-refractivity contribution in [1.82, 2.24) is 4.31 Å². The molecule has 0 spiro atoms. The van der Waals surface area contributed by atoms with Gasteiger partial charge in [-0.2, -0.15) is 16.1 Å². The van der Waals surface area contributed by atoms with E-state index in [1.54, 1.807) is 44.8 Å². The molecule has 0 bridgehead atoms. The van der Waals surface area contributed by atoms with Crippen molar-refractivity contribution < 1.29 is 8.42 Å². The Morgan fingerprint density at radius 1 is 1.30 bits per heavy atom. The molecular weight excluding hydrogens is 292 g/mol. The van der Waals surface area contributed by atoms with E-state index in [-0.39, 0.29) is 6.04 Å². The van der Waals surface area contributed by atoms with Crippen LogP contribution in [0.4, 0.5) is 5.69 Å². The Morgan fingerprint density at radius 3 is 2.20 bits per heavy atom. The van der Waals surface area contributed by atoms with Crippen LogP contribution in [-0.4, -0.2) is 37.8 Å². The summed E-state index contributed by atoms with van der Waals surface area (Å²) in [6.07, 6.45) is 2.78. The van der Waals surface area contributed by atoms with Crippen LogP contribution in [0.1, 0.15) is 24.5 Å². The molecule has 20 heavy (non-hydrogen) atoms. The number of anilines is 1. The first-order valence-corrected chi connectivity index (χ1v) is 9.42. The fourth-order valence-corrected chi connectivity index (χ4v) is 5.18. The number of rotatable bonds is 6. The van der Waals surface area contributed by atoms with Crippen LogP contribution in [0.5, 0.6) is 0 Å². The summed E-state index contributed by atoms with van der Waals surface area (Å²) in [5, 5.41) is 0. The first-order valence-electron chi connectivity index (χ1n) is 6.59. The zero-order valence-corrected chi connectivity index (χ0v) is 14.4. The summed E-state index contributed by atoms with van der Waals surface area (Å²) in [6.45, 7) is 5.59. The van der Waals surface area contributed by atoms with Crippen LogP contribution in [0.25, 0.3) is 0 Å². The predicted molar refractivity (Wildman–Crippen MR) is 87.7 cm³/mol. The molecule has 0 fully saturated rings. The number of hydrogen-bond acceptors (Lipinski definition) is 4. The Labute approximate surface area is 126 Å². The number of benzene rings is 1. The highest BCUT2D eigenvalue weighted by Crippen LogP contribution is 2.27. The zero-order valence-electron chi connectivity index (χ0n) is 12.8. The SMILES string of the molecule is CCC(CSC)N(C)S(=O)(=O)c1c(C)cc(N)cc1C. The molecule has 0 aromatic heterocycles. The van der Waals surface area contributed by atoms with Gasteiger partial charge in [-0.1, -0.05) is 6.92 Å². The number of nitrogens with two attached hydrogens (primary N) is 1. The van der Waals surface area contributed by atoms with Crippen molar-refractivity contribution in [1.29, 1.82) is 0 Å². The number of nitrogens with zero attached hydrogens (tertiary/aromatic N) is 1. The number of aryl methyl sites for hydroxylation is 2. The highest BCUT2D eigenvalue weighted by Gasteiger charge is 2.29. The Kier molecular flexibility index (Phi) is 5.91. The van der Waals surface area contributed by atoms with E-state index in [1.807, 2.05) is 13.2 Å². The minimum atomic E-state index is -3.49. The van der Waals surface area contributed by atoms with Gasteiger partial charge in [-0.15, -0.1) is 0 Å². The summed E-state index contributed by atoms with van der Waals surface area (Å²) >= 11 is 1.66. The standard InChI is InChI=1S/C14H24N2O2S2/c1-6-13(9-19-5)16(4)20(17,18)14-10(2)7-12(15)8-11(14)3/h7-8,13H,6,9,15H2,1-5H3. The third-order valence-electron chi connectivity index (χ3n) is 3.46. The highest BCUT2D eigenvalue weighted by molar-refractivity contribution is 7.98. The van der Waals surface area contributed by atoms with Gasteiger partial charge in [-0.3, -0.25) is 0 Å². The lowest BCUT2D eigenvalue weighted by Gasteiger charge is -2.27. The van der Waals surface area contributed by atoms with Crippen molar-refractivity contribution in [2.24, 2.45) is 0 Å². The maximum Gasteiger partial charge on any atom is 0.243 e. The Morgan fingerprint density at radius 2 is 1.80 bits per heavy atom. The molecule has 4 nitrogen and oxygen atoms in total.